The molecular weight excluding hydrogens is 339 g/mol. The minimum Gasteiger partial charge on any atom is -0.326 e. The zero-order chi connectivity index (χ0) is 18.4. The molecule has 0 fully saturated rings. The van der Waals surface area contributed by atoms with Crippen molar-refractivity contribution < 1.29 is 14.1 Å². The predicted octanol–water partition coefficient (Wildman–Crippen LogP) is 3.26. The molecule has 2 aromatic rings. The Labute approximate surface area is 153 Å². The Morgan fingerprint density at radius 3 is 2.28 bits per heavy atom. The van der Waals surface area contributed by atoms with E-state index in [-0.39, 0.29) is 18.3 Å². The van der Waals surface area contributed by atoms with Crippen molar-refractivity contribution in [2.75, 3.05) is 18.9 Å². The van der Waals surface area contributed by atoms with Crippen LogP contribution in [0.15, 0.2) is 36.4 Å². The molecule has 0 saturated carbocycles. The Morgan fingerprint density at radius 1 is 1.12 bits per heavy atom. The zero-order valence-electron chi connectivity index (χ0n) is 15.0. The average molecular weight is 364 g/mol. The summed E-state index contributed by atoms with van der Waals surface area (Å²) in [5.41, 5.74) is 3.61. The maximum atomic E-state index is 13.9. The lowest BCUT2D eigenvalue weighted by molar-refractivity contribution is -0.885. The second-order valence-electron chi connectivity index (χ2n) is 6.22. The molecule has 0 aliphatic rings. The molecule has 0 aliphatic heterocycles. The van der Waals surface area contributed by atoms with Gasteiger partial charge < -0.3 is 10.2 Å². The highest BCUT2D eigenvalue weighted by Gasteiger charge is 2.17. The smallest absolute Gasteiger partial charge is 0.279 e. The number of benzene rings is 2. The second kappa shape index (κ2) is 8.97. The van der Waals surface area contributed by atoms with Gasteiger partial charge in [0, 0.05) is 5.69 Å². The number of halogens is 2. The van der Waals surface area contributed by atoms with E-state index in [1.807, 2.05) is 25.2 Å². The van der Waals surface area contributed by atoms with Crippen molar-refractivity contribution in [2.45, 2.75) is 33.2 Å². The molecule has 1 atom stereocenters. The van der Waals surface area contributed by atoms with Crippen LogP contribution in [0.3, 0.4) is 0 Å². The highest BCUT2D eigenvalue weighted by molar-refractivity contribution is 6.31. The standard InChI is InChI=1S/C20H24ClFN2O/c1-4-14-8-6-9-15(5-2)20(14)23-19(25)13-24(3)12-16-17(21)10-7-11-18(16)22/h6-11H,4-5,12-13H2,1-3H3,(H,23,25)/p+1. The number of rotatable bonds is 7. The summed E-state index contributed by atoms with van der Waals surface area (Å²) in [6, 6.07) is 10.7. The van der Waals surface area contributed by atoms with E-state index in [9.17, 15) is 9.18 Å². The summed E-state index contributed by atoms with van der Waals surface area (Å²) in [5, 5.41) is 3.43. The maximum absolute atomic E-state index is 13.9. The van der Waals surface area contributed by atoms with Gasteiger partial charge in [0.1, 0.15) is 12.4 Å². The van der Waals surface area contributed by atoms with Crippen molar-refractivity contribution in [3.63, 3.8) is 0 Å². The summed E-state index contributed by atoms with van der Waals surface area (Å²) in [4.78, 5) is 13.3. The molecule has 0 aromatic heterocycles. The normalized spacial score (nSPS) is 12.0. The number of hydrogen-bond acceptors (Lipinski definition) is 1. The van der Waals surface area contributed by atoms with Crippen LogP contribution in [-0.4, -0.2) is 19.5 Å². The number of para-hydroxylation sites is 1. The monoisotopic (exact) mass is 363 g/mol. The van der Waals surface area contributed by atoms with Crippen LogP contribution in [-0.2, 0) is 24.2 Å². The van der Waals surface area contributed by atoms with Crippen LogP contribution in [0.25, 0.3) is 0 Å². The van der Waals surface area contributed by atoms with E-state index in [1.54, 1.807) is 12.1 Å². The minimum atomic E-state index is -0.336. The molecule has 0 saturated heterocycles. The Hall–Kier alpha value is -1.91. The van der Waals surface area contributed by atoms with Gasteiger partial charge in [-0.2, -0.15) is 0 Å². The molecule has 0 aliphatic carbocycles. The van der Waals surface area contributed by atoms with Gasteiger partial charge in [-0.05, 0) is 36.1 Å². The van der Waals surface area contributed by atoms with E-state index >= 15 is 0 Å². The summed E-state index contributed by atoms with van der Waals surface area (Å²) in [6.07, 6.45) is 1.72. The van der Waals surface area contributed by atoms with E-state index < -0.39 is 0 Å². The van der Waals surface area contributed by atoms with Gasteiger partial charge in [0.15, 0.2) is 6.54 Å². The lowest BCUT2D eigenvalue weighted by Gasteiger charge is -2.17. The van der Waals surface area contributed by atoms with E-state index in [2.05, 4.69) is 19.2 Å². The number of hydrogen-bond donors (Lipinski definition) is 2. The molecule has 0 spiro atoms. The van der Waals surface area contributed by atoms with Crippen LogP contribution in [0, 0.1) is 5.82 Å². The Kier molecular flexibility index (Phi) is 6.97. The number of likely N-dealkylation sites (N-methyl/N-ethyl adjacent to an activating group) is 1. The first-order chi connectivity index (χ1) is 12.0. The Balaban J connectivity index is 2.05. The molecular formula is C20H25ClFN2O+. The minimum absolute atomic E-state index is 0.0828. The molecule has 0 radical (unpaired) electrons. The topological polar surface area (TPSA) is 33.5 Å². The third-order valence-electron chi connectivity index (χ3n) is 4.27. The number of quaternary nitrogens is 1. The SMILES string of the molecule is CCc1cccc(CC)c1NC(=O)C[NH+](C)Cc1c(F)cccc1Cl. The summed E-state index contributed by atoms with van der Waals surface area (Å²) in [5.74, 6) is -0.419. The summed E-state index contributed by atoms with van der Waals surface area (Å²) in [6.45, 7) is 4.74. The van der Waals surface area contributed by atoms with Crippen molar-refractivity contribution in [1.29, 1.82) is 0 Å². The number of anilines is 1. The van der Waals surface area contributed by atoms with Crippen LogP contribution < -0.4 is 10.2 Å². The Morgan fingerprint density at radius 2 is 1.72 bits per heavy atom. The first-order valence-corrected chi connectivity index (χ1v) is 8.98. The van der Waals surface area contributed by atoms with Crippen LogP contribution in [0.4, 0.5) is 10.1 Å². The third kappa shape index (κ3) is 5.03. The summed E-state index contributed by atoms with van der Waals surface area (Å²) >= 11 is 6.07. The molecule has 3 nitrogen and oxygen atoms in total. The van der Waals surface area contributed by atoms with Gasteiger partial charge in [-0.25, -0.2) is 4.39 Å². The molecule has 2 rings (SSSR count). The Bertz CT molecular complexity index is 706. The van der Waals surface area contributed by atoms with Crippen molar-refractivity contribution >= 4 is 23.2 Å². The highest BCUT2D eigenvalue weighted by atomic mass is 35.5. The van der Waals surface area contributed by atoms with Crippen molar-refractivity contribution in [3.05, 3.63) is 63.9 Å². The summed E-state index contributed by atoms with van der Waals surface area (Å²) in [7, 11) is 1.86. The number of amides is 1. The van der Waals surface area contributed by atoms with E-state index in [4.69, 9.17) is 11.6 Å². The summed E-state index contributed by atoms with van der Waals surface area (Å²) < 4.78 is 13.9. The molecule has 134 valence electrons. The van der Waals surface area contributed by atoms with E-state index in [1.165, 1.54) is 6.07 Å². The largest absolute Gasteiger partial charge is 0.326 e. The van der Waals surface area contributed by atoms with Gasteiger partial charge in [0.05, 0.1) is 17.6 Å². The maximum Gasteiger partial charge on any atom is 0.279 e. The average Bonchev–Trinajstić information content (AvgIpc) is 2.58. The van der Waals surface area contributed by atoms with Gasteiger partial charge >= 0.3 is 0 Å². The van der Waals surface area contributed by atoms with E-state index in [0.29, 0.717) is 17.1 Å². The molecule has 25 heavy (non-hydrogen) atoms. The van der Waals surface area contributed by atoms with Crippen LogP contribution >= 0.6 is 11.6 Å². The fourth-order valence-corrected chi connectivity index (χ4v) is 3.16. The lowest BCUT2D eigenvalue weighted by Crippen LogP contribution is -3.08. The lowest BCUT2D eigenvalue weighted by atomic mass is 10.0. The molecule has 1 unspecified atom stereocenters. The van der Waals surface area contributed by atoms with Gasteiger partial charge in [-0.3, -0.25) is 4.79 Å². The molecule has 2 N–H and O–H groups in total. The van der Waals surface area contributed by atoms with Crippen LogP contribution in [0.1, 0.15) is 30.5 Å². The quantitative estimate of drug-likeness (QED) is 0.777. The number of carbonyl (C=O) groups is 1. The fraction of sp³-hybridized carbons (Fsp3) is 0.350. The number of aryl methyl sites for hydroxylation is 2. The van der Waals surface area contributed by atoms with Crippen LogP contribution in [0.5, 0.6) is 0 Å². The zero-order valence-corrected chi connectivity index (χ0v) is 15.7. The van der Waals surface area contributed by atoms with Gasteiger partial charge in [0.2, 0.25) is 0 Å². The second-order valence-corrected chi connectivity index (χ2v) is 6.62. The molecule has 0 bridgehead atoms. The first-order valence-electron chi connectivity index (χ1n) is 8.61. The van der Waals surface area contributed by atoms with E-state index in [0.717, 1.165) is 34.6 Å². The molecule has 0 heterocycles. The van der Waals surface area contributed by atoms with Gasteiger partial charge in [-0.1, -0.05) is 49.7 Å². The molecule has 2 aromatic carbocycles. The molecule has 1 amide bonds. The number of nitrogens with one attached hydrogen (secondary N) is 2. The van der Waals surface area contributed by atoms with Crippen molar-refractivity contribution in [3.8, 4) is 0 Å². The predicted molar refractivity (Wildman–Crippen MR) is 101 cm³/mol. The van der Waals surface area contributed by atoms with Gasteiger partial charge in [-0.15, -0.1) is 0 Å². The van der Waals surface area contributed by atoms with Gasteiger partial charge in [0.25, 0.3) is 5.91 Å². The van der Waals surface area contributed by atoms with Crippen LogP contribution in [0.2, 0.25) is 5.02 Å². The fourth-order valence-electron chi connectivity index (χ4n) is 2.93. The number of carbonyl (C=O) groups excluding carboxylic acids is 1. The third-order valence-corrected chi connectivity index (χ3v) is 4.62. The van der Waals surface area contributed by atoms with Crippen molar-refractivity contribution in [2.24, 2.45) is 0 Å². The van der Waals surface area contributed by atoms with Crippen molar-refractivity contribution in [1.82, 2.24) is 0 Å². The highest BCUT2D eigenvalue weighted by Crippen LogP contribution is 2.22. The first kappa shape index (κ1) is 19.4. The molecule has 5 heteroatoms.